The number of hydrogen-bond acceptors (Lipinski definition) is 3. The Morgan fingerprint density at radius 3 is 1.81 bits per heavy atom. The number of fused-ring (bicyclic) bond motifs is 3. The van der Waals surface area contributed by atoms with Gasteiger partial charge in [-0.2, -0.15) is 0 Å². The maximum Gasteiger partial charge on any atom is 0.252 e. The largest absolute Gasteiger partial charge is 0.355 e. The van der Waals surface area contributed by atoms with Gasteiger partial charge in [0.15, 0.2) is 0 Å². The Morgan fingerprint density at radius 2 is 1.19 bits per heavy atom. The van der Waals surface area contributed by atoms with Crippen LogP contribution in [0.15, 0.2) is 60.7 Å². The Bertz CT molecular complexity index is 1780. The van der Waals surface area contributed by atoms with Crippen LogP contribution in [0.1, 0.15) is 65.6 Å². The highest BCUT2D eigenvalue weighted by Gasteiger charge is 2.26. The number of nitrogens with one attached hydrogen (secondary N) is 3. The second kappa shape index (κ2) is 10.8. The zero-order chi connectivity index (χ0) is 28.0. The quantitative estimate of drug-likeness (QED) is 0.207. The average molecular weight is 558 g/mol. The minimum atomic E-state index is 0.00925. The van der Waals surface area contributed by atoms with Gasteiger partial charge < -0.3 is 15.3 Å². The molecule has 0 bridgehead atoms. The van der Waals surface area contributed by atoms with Crippen molar-refractivity contribution < 1.29 is 4.79 Å². The summed E-state index contributed by atoms with van der Waals surface area (Å²) in [5.74, 6) is 0.00925. The third-order valence-electron chi connectivity index (χ3n) is 9.57. The van der Waals surface area contributed by atoms with E-state index in [0.717, 1.165) is 57.8 Å². The zero-order valence-electron chi connectivity index (χ0n) is 24.3. The van der Waals surface area contributed by atoms with E-state index in [1.165, 1.54) is 86.6 Å². The number of aromatic amines is 2. The molecule has 0 radical (unpaired) electrons. The smallest absolute Gasteiger partial charge is 0.252 e. The van der Waals surface area contributed by atoms with Crippen LogP contribution in [-0.2, 0) is 19.6 Å². The first-order valence-electron chi connectivity index (χ1n) is 15.8. The Kier molecular flexibility index (Phi) is 6.61. The molecule has 214 valence electrons. The number of aromatic nitrogens is 2. The summed E-state index contributed by atoms with van der Waals surface area (Å²) in [5.41, 5.74) is 11.0. The fraction of sp³-hybridized carbons (Fsp3) is 0.361. The Labute approximate surface area is 247 Å². The number of H-pyrrole nitrogens is 2. The number of likely N-dealkylation sites (tertiary alicyclic amines) is 2. The van der Waals surface area contributed by atoms with Gasteiger partial charge in [0.05, 0.1) is 5.56 Å². The van der Waals surface area contributed by atoms with Gasteiger partial charge >= 0.3 is 0 Å². The molecule has 2 fully saturated rings. The highest BCUT2D eigenvalue weighted by molar-refractivity contribution is 6.06. The highest BCUT2D eigenvalue weighted by Crippen LogP contribution is 2.36. The Morgan fingerprint density at radius 1 is 0.619 bits per heavy atom. The summed E-state index contributed by atoms with van der Waals surface area (Å²) < 4.78 is 0. The van der Waals surface area contributed by atoms with Gasteiger partial charge in [-0.25, -0.2) is 0 Å². The molecular weight excluding hydrogens is 518 g/mol. The van der Waals surface area contributed by atoms with E-state index in [1.54, 1.807) is 0 Å². The van der Waals surface area contributed by atoms with Crippen molar-refractivity contribution >= 4 is 27.7 Å². The predicted octanol–water partition coefficient (Wildman–Crippen LogP) is 7.20. The molecule has 5 aromatic rings. The zero-order valence-corrected chi connectivity index (χ0v) is 24.3. The van der Waals surface area contributed by atoms with E-state index in [9.17, 15) is 4.79 Å². The Hall–Kier alpha value is -3.87. The first kappa shape index (κ1) is 25.8. The van der Waals surface area contributed by atoms with Crippen LogP contribution in [0.4, 0.5) is 0 Å². The number of carbonyl (C=O) groups excluding carboxylic acids is 1. The summed E-state index contributed by atoms with van der Waals surface area (Å²) in [6, 6.07) is 22.4. The molecule has 3 aromatic carbocycles. The van der Waals surface area contributed by atoms with E-state index in [1.807, 2.05) is 0 Å². The first-order valence-corrected chi connectivity index (χ1v) is 15.8. The summed E-state index contributed by atoms with van der Waals surface area (Å²) in [4.78, 5) is 25.4. The molecule has 1 amide bonds. The molecule has 5 heterocycles. The lowest BCUT2D eigenvalue weighted by Crippen LogP contribution is -2.29. The summed E-state index contributed by atoms with van der Waals surface area (Å²) in [6.45, 7) is 7.38. The number of rotatable bonds is 6. The maximum atomic E-state index is 13.0. The molecule has 0 aliphatic carbocycles. The standard InChI is InChI=1S/C36H39N5O/c42-36-35-29(21-37-36)17-28(33-19-26-15-24(7-9-31(26)38-33)22-40-11-3-1-4-12-40)18-30(35)34-20-27-16-25(8-10-32(27)39-34)23-41-13-5-2-6-14-41/h7-10,15-20,38-39H,1-6,11-14,21-23H2,(H,37,42). The molecule has 3 aliphatic rings. The monoisotopic (exact) mass is 557 g/mol. The molecule has 0 saturated carbocycles. The van der Waals surface area contributed by atoms with Crippen molar-refractivity contribution in [3.8, 4) is 22.5 Å². The number of hydrogen-bond donors (Lipinski definition) is 3. The molecule has 0 spiro atoms. The topological polar surface area (TPSA) is 67.2 Å². The lowest BCUT2D eigenvalue weighted by molar-refractivity contribution is 0.0966. The SMILES string of the molecule is O=C1NCc2cc(-c3cc4cc(CN5CCCCC5)ccc4[nH]3)cc(-c3cc4cc(CN5CCCCC5)ccc4[nH]3)c21. The van der Waals surface area contributed by atoms with Crippen molar-refractivity contribution in [1.82, 2.24) is 25.1 Å². The number of amides is 1. The predicted molar refractivity (Wildman–Crippen MR) is 170 cm³/mol. The molecule has 6 nitrogen and oxygen atoms in total. The maximum absolute atomic E-state index is 13.0. The molecule has 0 unspecified atom stereocenters. The van der Waals surface area contributed by atoms with Gasteiger partial charge in [-0.15, -0.1) is 0 Å². The van der Waals surface area contributed by atoms with Crippen LogP contribution in [-0.4, -0.2) is 51.9 Å². The fourth-order valence-corrected chi connectivity index (χ4v) is 7.35. The summed E-state index contributed by atoms with van der Waals surface area (Å²) in [5, 5.41) is 5.50. The fourth-order valence-electron chi connectivity index (χ4n) is 7.35. The molecule has 8 rings (SSSR count). The van der Waals surface area contributed by atoms with Gasteiger partial charge in [-0.1, -0.05) is 25.0 Å². The van der Waals surface area contributed by atoms with E-state index in [0.29, 0.717) is 6.54 Å². The molecule has 2 saturated heterocycles. The van der Waals surface area contributed by atoms with Crippen LogP contribution < -0.4 is 5.32 Å². The van der Waals surface area contributed by atoms with Crippen LogP contribution >= 0.6 is 0 Å². The van der Waals surface area contributed by atoms with Crippen molar-refractivity contribution in [2.75, 3.05) is 26.2 Å². The number of benzene rings is 3. The molecule has 2 aromatic heterocycles. The van der Waals surface area contributed by atoms with E-state index in [2.05, 4.69) is 85.7 Å². The summed E-state index contributed by atoms with van der Waals surface area (Å²) in [7, 11) is 0. The first-order chi connectivity index (χ1) is 20.7. The second-order valence-corrected chi connectivity index (χ2v) is 12.6. The van der Waals surface area contributed by atoms with Gasteiger partial charge in [0.25, 0.3) is 5.91 Å². The van der Waals surface area contributed by atoms with Crippen molar-refractivity contribution in [2.24, 2.45) is 0 Å². The molecule has 42 heavy (non-hydrogen) atoms. The van der Waals surface area contributed by atoms with Gasteiger partial charge in [-0.3, -0.25) is 14.6 Å². The average Bonchev–Trinajstić information content (AvgIpc) is 3.74. The van der Waals surface area contributed by atoms with Crippen molar-refractivity contribution in [3.63, 3.8) is 0 Å². The van der Waals surface area contributed by atoms with Crippen molar-refractivity contribution in [3.05, 3.63) is 82.9 Å². The summed E-state index contributed by atoms with van der Waals surface area (Å²) >= 11 is 0. The lowest BCUT2D eigenvalue weighted by atomic mass is 9.95. The minimum Gasteiger partial charge on any atom is -0.355 e. The molecule has 3 aliphatic heterocycles. The van der Waals surface area contributed by atoms with Gasteiger partial charge in [0.1, 0.15) is 0 Å². The Balaban J connectivity index is 1.13. The van der Waals surface area contributed by atoms with Crippen LogP contribution in [0.5, 0.6) is 0 Å². The van der Waals surface area contributed by atoms with Gasteiger partial charge in [0.2, 0.25) is 0 Å². The van der Waals surface area contributed by atoms with E-state index in [-0.39, 0.29) is 5.91 Å². The van der Waals surface area contributed by atoms with Crippen LogP contribution in [0.3, 0.4) is 0 Å². The van der Waals surface area contributed by atoms with Gasteiger partial charge in [0, 0.05) is 58.4 Å². The van der Waals surface area contributed by atoms with E-state index in [4.69, 9.17) is 0 Å². The summed E-state index contributed by atoms with van der Waals surface area (Å²) in [6.07, 6.45) is 7.94. The highest BCUT2D eigenvalue weighted by atomic mass is 16.1. The molecule has 0 atom stereocenters. The van der Waals surface area contributed by atoms with Crippen LogP contribution in [0.25, 0.3) is 44.3 Å². The third kappa shape index (κ3) is 4.93. The van der Waals surface area contributed by atoms with Crippen molar-refractivity contribution in [1.29, 1.82) is 0 Å². The molecule has 3 N–H and O–H groups in total. The van der Waals surface area contributed by atoms with Crippen LogP contribution in [0, 0.1) is 0 Å². The van der Waals surface area contributed by atoms with E-state index >= 15 is 0 Å². The van der Waals surface area contributed by atoms with Gasteiger partial charge in [-0.05, 0) is 123 Å². The molecule has 6 heteroatoms. The van der Waals surface area contributed by atoms with E-state index < -0.39 is 0 Å². The lowest BCUT2D eigenvalue weighted by Gasteiger charge is -2.26. The number of nitrogens with zero attached hydrogens (tertiary/aromatic N) is 2. The minimum absolute atomic E-state index is 0.00925. The molecular formula is C36H39N5O. The van der Waals surface area contributed by atoms with Crippen LogP contribution in [0.2, 0.25) is 0 Å². The van der Waals surface area contributed by atoms with Crippen molar-refractivity contribution in [2.45, 2.75) is 58.2 Å². The second-order valence-electron chi connectivity index (χ2n) is 12.6. The number of carbonyl (C=O) groups is 1. The third-order valence-corrected chi connectivity index (χ3v) is 9.57. The normalized spacial score (nSPS) is 18.1. The number of piperidine rings is 2.